The maximum Gasteiger partial charge on any atom is 0.261 e. The highest BCUT2D eigenvalue weighted by molar-refractivity contribution is 7.21. The van der Waals surface area contributed by atoms with E-state index >= 15 is 0 Å². The molecule has 0 N–H and O–H groups in total. The van der Waals surface area contributed by atoms with Crippen molar-refractivity contribution < 1.29 is 9.53 Å². The number of fused-ring (bicyclic) bond motifs is 4. The summed E-state index contributed by atoms with van der Waals surface area (Å²) >= 11 is 5.12. The third-order valence-corrected chi connectivity index (χ3v) is 7.95. The maximum atomic E-state index is 12.9. The summed E-state index contributed by atoms with van der Waals surface area (Å²) in [6.07, 6.45) is 0.934. The molecule has 7 heteroatoms. The van der Waals surface area contributed by atoms with Crippen LogP contribution in [0.4, 0.5) is 0 Å². The molecule has 0 saturated heterocycles. The minimum atomic E-state index is 0.0447. The van der Waals surface area contributed by atoms with Crippen LogP contribution in [0.5, 0.6) is 5.75 Å². The zero-order valence-electron chi connectivity index (χ0n) is 15.0. The number of benzene rings is 1. The molecular weight excluding hydrogens is 396 g/mol. The Labute approximate surface area is 169 Å². The van der Waals surface area contributed by atoms with E-state index in [9.17, 15) is 4.79 Å². The third kappa shape index (κ3) is 2.85. The molecule has 0 fully saturated rings. The summed E-state index contributed by atoms with van der Waals surface area (Å²) in [6.45, 7) is 4.95. The summed E-state index contributed by atoms with van der Waals surface area (Å²) in [5.41, 5.74) is 2.32. The molecule has 3 aromatic heterocycles. The summed E-state index contributed by atoms with van der Waals surface area (Å²) < 4.78 is 8.27. The minimum Gasteiger partial charge on any atom is -0.483 e. The Balaban J connectivity index is 1.39. The molecule has 1 aromatic carbocycles. The van der Waals surface area contributed by atoms with E-state index in [1.807, 2.05) is 17.9 Å². The van der Waals surface area contributed by atoms with Crippen molar-refractivity contribution in [1.29, 1.82) is 0 Å². The lowest BCUT2D eigenvalue weighted by Gasteiger charge is -2.33. The number of ether oxygens (including phenoxy) is 1. The Morgan fingerprint density at radius 3 is 3.07 bits per heavy atom. The number of nitrogens with zero attached hydrogens (tertiary/aromatic N) is 2. The fourth-order valence-electron chi connectivity index (χ4n) is 3.78. The van der Waals surface area contributed by atoms with Crippen molar-refractivity contribution in [3.8, 4) is 5.75 Å². The Bertz CT molecular complexity index is 1160. The summed E-state index contributed by atoms with van der Waals surface area (Å²) in [6, 6.07) is 6.33. The van der Waals surface area contributed by atoms with Crippen molar-refractivity contribution in [2.75, 3.05) is 13.2 Å². The van der Waals surface area contributed by atoms with Gasteiger partial charge in [0.15, 0.2) is 6.61 Å². The lowest BCUT2D eigenvalue weighted by Crippen LogP contribution is -2.40. The van der Waals surface area contributed by atoms with E-state index in [2.05, 4.69) is 34.8 Å². The average Bonchev–Trinajstić information content (AvgIpc) is 3.37. The number of aromatic nitrogens is 1. The molecule has 4 aromatic rings. The molecule has 1 atom stereocenters. The fraction of sp³-hybridized carbons (Fsp3) is 0.300. The average molecular weight is 415 g/mol. The smallest absolute Gasteiger partial charge is 0.261 e. The Morgan fingerprint density at radius 2 is 2.19 bits per heavy atom. The summed E-state index contributed by atoms with van der Waals surface area (Å²) in [7, 11) is 0. The van der Waals surface area contributed by atoms with Crippen LogP contribution in [0.15, 0.2) is 29.0 Å². The number of aryl methyl sites for hydroxylation is 1. The molecule has 0 saturated carbocycles. The van der Waals surface area contributed by atoms with Crippen molar-refractivity contribution in [1.82, 2.24) is 9.88 Å². The van der Waals surface area contributed by atoms with Crippen LogP contribution in [-0.4, -0.2) is 28.9 Å². The monoisotopic (exact) mass is 414 g/mol. The second kappa shape index (κ2) is 6.58. The first-order valence-electron chi connectivity index (χ1n) is 8.87. The van der Waals surface area contributed by atoms with E-state index in [1.165, 1.54) is 10.4 Å². The van der Waals surface area contributed by atoms with Gasteiger partial charge in [-0.1, -0.05) is 0 Å². The number of thiophene rings is 2. The van der Waals surface area contributed by atoms with Gasteiger partial charge < -0.3 is 9.64 Å². The van der Waals surface area contributed by atoms with Gasteiger partial charge in [-0.2, -0.15) is 0 Å². The Kier molecular flexibility index (Phi) is 4.18. The molecule has 0 radical (unpaired) electrons. The molecule has 1 aliphatic heterocycles. The van der Waals surface area contributed by atoms with Gasteiger partial charge in [0.05, 0.1) is 26.0 Å². The van der Waals surface area contributed by atoms with Crippen molar-refractivity contribution in [2.24, 2.45) is 0 Å². The summed E-state index contributed by atoms with van der Waals surface area (Å²) in [5, 5.41) is 6.25. The van der Waals surface area contributed by atoms with E-state index in [0.29, 0.717) is 0 Å². The molecule has 4 heterocycles. The van der Waals surface area contributed by atoms with Crippen LogP contribution in [0.1, 0.15) is 28.4 Å². The highest BCUT2D eigenvalue weighted by Crippen LogP contribution is 2.39. The lowest BCUT2D eigenvalue weighted by molar-refractivity contribution is -0.135. The molecule has 0 bridgehead atoms. The molecule has 5 rings (SSSR count). The summed E-state index contributed by atoms with van der Waals surface area (Å²) in [4.78, 5) is 20.8. The summed E-state index contributed by atoms with van der Waals surface area (Å²) in [5.74, 6) is 0.819. The molecular formula is C20H18N2O2S3. The number of amides is 1. The number of carbonyl (C=O) groups is 1. The number of rotatable bonds is 3. The zero-order chi connectivity index (χ0) is 18.5. The van der Waals surface area contributed by atoms with Crippen molar-refractivity contribution >= 4 is 60.2 Å². The molecule has 1 unspecified atom stereocenters. The van der Waals surface area contributed by atoms with Crippen LogP contribution >= 0.6 is 34.0 Å². The Morgan fingerprint density at radius 1 is 1.33 bits per heavy atom. The fourth-order valence-corrected chi connectivity index (χ4v) is 6.57. The second-order valence-corrected chi connectivity index (χ2v) is 9.87. The van der Waals surface area contributed by atoms with Crippen molar-refractivity contribution in [3.05, 3.63) is 44.4 Å². The van der Waals surface area contributed by atoms with Crippen LogP contribution < -0.4 is 4.74 Å². The van der Waals surface area contributed by atoms with E-state index < -0.39 is 0 Å². The van der Waals surface area contributed by atoms with E-state index in [4.69, 9.17) is 4.74 Å². The topological polar surface area (TPSA) is 42.4 Å². The number of thiazole rings is 1. The predicted molar refractivity (Wildman–Crippen MR) is 113 cm³/mol. The van der Waals surface area contributed by atoms with Crippen LogP contribution in [-0.2, 0) is 11.2 Å². The maximum absolute atomic E-state index is 12.9. The standard InChI is InChI=1S/C20H18N2O2S3/c1-11-13-4-7-25-16(13)3-6-22(11)18(23)10-24-15-9-17-19(21-12(2)27-17)20-14(15)5-8-26-20/h4-5,7-9,11H,3,6,10H2,1-2H3. The first-order valence-corrected chi connectivity index (χ1v) is 11.5. The van der Waals surface area contributed by atoms with Gasteiger partial charge >= 0.3 is 0 Å². The Hall–Kier alpha value is -1.96. The molecule has 0 aliphatic carbocycles. The van der Waals surface area contributed by atoms with Crippen LogP contribution in [0.2, 0.25) is 0 Å². The van der Waals surface area contributed by atoms with Gasteiger partial charge in [-0.15, -0.1) is 34.0 Å². The number of carbonyl (C=O) groups excluding carboxylic acids is 1. The number of hydrogen-bond donors (Lipinski definition) is 0. The SMILES string of the molecule is Cc1nc2c(cc(OCC(=O)N3CCc4sccc4C3C)c3ccsc32)s1. The van der Waals surface area contributed by atoms with Crippen molar-refractivity contribution in [3.63, 3.8) is 0 Å². The molecule has 4 nitrogen and oxygen atoms in total. The van der Waals surface area contributed by atoms with Crippen LogP contribution in [0, 0.1) is 6.92 Å². The lowest BCUT2D eigenvalue weighted by atomic mass is 10.0. The van der Waals surface area contributed by atoms with Gasteiger partial charge in [0.2, 0.25) is 0 Å². The molecule has 1 aliphatic rings. The molecule has 27 heavy (non-hydrogen) atoms. The van der Waals surface area contributed by atoms with Gasteiger partial charge in [0, 0.05) is 22.9 Å². The zero-order valence-corrected chi connectivity index (χ0v) is 17.5. The van der Waals surface area contributed by atoms with Gasteiger partial charge in [-0.3, -0.25) is 4.79 Å². The quantitative estimate of drug-likeness (QED) is 0.450. The third-order valence-electron chi connectivity index (χ3n) is 5.12. The van der Waals surface area contributed by atoms with Crippen LogP contribution in [0.25, 0.3) is 20.3 Å². The van der Waals surface area contributed by atoms with Gasteiger partial charge in [-0.25, -0.2) is 4.98 Å². The first kappa shape index (κ1) is 17.2. The molecule has 138 valence electrons. The van der Waals surface area contributed by atoms with Crippen LogP contribution in [0.3, 0.4) is 0 Å². The minimum absolute atomic E-state index is 0.0447. The highest BCUT2D eigenvalue weighted by atomic mass is 32.1. The normalized spacial score (nSPS) is 16.8. The largest absolute Gasteiger partial charge is 0.483 e. The van der Waals surface area contributed by atoms with E-state index in [0.717, 1.165) is 44.0 Å². The van der Waals surface area contributed by atoms with E-state index in [1.54, 1.807) is 34.0 Å². The van der Waals surface area contributed by atoms with Crippen molar-refractivity contribution in [2.45, 2.75) is 26.3 Å². The number of hydrogen-bond acceptors (Lipinski definition) is 6. The first-order chi connectivity index (χ1) is 13.1. The van der Waals surface area contributed by atoms with Gasteiger partial charge in [-0.05, 0) is 48.7 Å². The van der Waals surface area contributed by atoms with Gasteiger partial charge in [0.1, 0.15) is 5.75 Å². The van der Waals surface area contributed by atoms with E-state index in [-0.39, 0.29) is 18.6 Å². The predicted octanol–water partition coefficient (Wildman–Crippen LogP) is 5.41. The molecule has 0 spiro atoms. The van der Waals surface area contributed by atoms with Gasteiger partial charge in [0.25, 0.3) is 5.91 Å². The molecule has 1 amide bonds. The highest BCUT2D eigenvalue weighted by Gasteiger charge is 2.28. The second-order valence-electron chi connectivity index (χ2n) is 6.72.